The minimum absolute atomic E-state index is 0.0751. The standard InChI is InChI=1S/C20H20F3NOS/c1-13(2)14-6-8-15(9-7-14)19-24(10-11-26-19)18(25)16-4-3-5-17(12-16)20(21,22)23/h3-9,12-13,19H,10-11H2,1-2H3. The number of hydrogen-bond acceptors (Lipinski definition) is 2. The Morgan fingerprint density at radius 1 is 1.15 bits per heavy atom. The minimum Gasteiger partial charge on any atom is -0.322 e. The van der Waals surface area contributed by atoms with Gasteiger partial charge in [0.15, 0.2) is 0 Å². The van der Waals surface area contributed by atoms with Crippen LogP contribution in [0.2, 0.25) is 0 Å². The van der Waals surface area contributed by atoms with Gasteiger partial charge in [0.1, 0.15) is 5.37 Å². The lowest BCUT2D eigenvalue weighted by Gasteiger charge is -2.25. The molecule has 6 heteroatoms. The van der Waals surface area contributed by atoms with Crippen LogP contribution in [0.25, 0.3) is 0 Å². The first-order valence-corrected chi connectivity index (χ1v) is 9.52. The van der Waals surface area contributed by atoms with Crippen LogP contribution in [0, 0.1) is 0 Å². The van der Waals surface area contributed by atoms with E-state index in [2.05, 4.69) is 13.8 Å². The highest BCUT2D eigenvalue weighted by Gasteiger charge is 2.34. The van der Waals surface area contributed by atoms with E-state index in [1.165, 1.54) is 17.7 Å². The fourth-order valence-electron chi connectivity index (χ4n) is 2.99. The molecule has 0 N–H and O–H groups in total. The zero-order valence-corrected chi connectivity index (χ0v) is 15.4. The Balaban J connectivity index is 1.85. The fourth-order valence-corrected chi connectivity index (χ4v) is 4.25. The molecule has 2 aromatic rings. The van der Waals surface area contributed by atoms with Gasteiger partial charge in [-0.2, -0.15) is 13.2 Å². The fraction of sp³-hybridized carbons (Fsp3) is 0.350. The van der Waals surface area contributed by atoms with Gasteiger partial charge in [0.25, 0.3) is 5.91 Å². The second-order valence-corrected chi connectivity index (χ2v) is 7.81. The molecule has 1 aliphatic heterocycles. The number of hydrogen-bond donors (Lipinski definition) is 0. The molecular formula is C20H20F3NOS. The van der Waals surface area contributed by atoms with E-state index in [0.29, 0.717) is 12.5 Å². The van der Waals surface area contributed by atoms with E-state index in [-0.39, 0.29) is 16.8 Å². The van der Waals surface area contributed by atoms with E-state index >= 15 is 0 Å². The van der Waals surface area contributed by atoms with E-state index in [9.17, 15) is 18.0 Å². The van der Waals surface area contributed by atoms with Gasteiger partial charge in [0.05, 0.1) is 5.56 Å². The maximum absolute atomic E-state index is 12.9. The van der Waals surface area contributed by atoms with Crippen molar-refractivity contribution in [3.63, 3.8) is 0 Å². The van der Waals surface area contributed by atoms with Gasteiger partial charge in [-0.1, -0.05) is 44.2 Å². The SMILES string of the molecule is CC(C)c1ccc(C2SCCN2C(=O)c2cccc(C(F)(F)F)c2)cc1. The number of thioether (sulfide) groups is 1. The number of benzene rings is 2. The summed E-state index contributed by atoms with van der Waals surface area (Å²) in [4.78, 5) is 14.5. The highest BCUT2D eigenvalue weighted by Crippen LogP contribution is 2.39. The number of carbonyl (C=O) groups excluding carboxylic acids is 1. The molecule has 138 valence electrons. The topological polar surface area (TPSA) is 20.3 Å². The normalized spacial score (nSPS) is 17.8. The Hall–Kier alpha value is -1.95. The van der Waals surface area contributed by atoms with Crippen molar-refractivity contribution in [2.45, 2.75) is 31.3 Å². The number of rotatable bonds is 3. The molecule has 1 fully saturated rings. The third-order valence-corrected chi connectivity index (χ3v) is 5.74. The van der Waals surface area contributed by atoms with E-state index < -0.39 is 11.7 Å². The first kappa shape index (κ1) is 18.8. The van der Waals surface area contributed by atoms with Crippen LogP contribution in [0.3, 0.4) is 0 Å². The summed E-state index contributed by atoms with van der Waals surface area (Å²) in [7, 11) is 0. The Kier molecular flexibility index (Phi) is 5.32. The summed E-state index contributed by atoms with van der Waals surface area (Å²) in [5.74, 6) is 0.823. The van der Waals surface area contributed by atoms with Gasteiger partial charge < -0.3 is 4.90 Å². The van der Waals surface area contributed by atoms with E-state index in [1.807, 2.05) is 24.3 Å². The second kappa shape index (κ2) is 7.35. The van der Waals surface area contributed by atoms with Crippen molar-refractivity contribution < 1.29 is 18.0 Å². The number of carbonyl (C=O) groups is 1. The number of nitrogens with zero attached hydrogens (tertiary/aromatic N) is 1. The van der Waals surface area contributed by atoms with Crippen molar-refractivity contribution in [2.75, 3.05) is 12.3 Å². The Bertz CT molecular complexity index is 786. The van der Waals surface area contributed by atoms with Gasteiger partial charge in [-0.3, -0.25) is 4.79 Å². The van der Waals surface area contributed by atoms with Gasteiger partial charge in [-0.15, -0.1) is 11.8 Å². The third kappa shape index (κ3) is 3.90. The molecule has 0 bridgehead atoms. The lowest BCUT2D eigenvalue weighted by atomic mass is 10.0. The van der Waals surface area contributed by atoms with Crippen LogP contribution in [0.1, 0.15) is 52.2 Å². The molecule has 2 aromatic carbocycles. The summed E-state index contributed by atoms with van der Waals surface area (Å²) < 4.78 is 38.8. The quantitative estimate of drug-likeness (QED) is 0.680. The first-order valence-electron chi connectivity index (χ1n) is 8.47. The van der Waals surface area contributed by atoms with Crippen molar-refractivity contribution in [3.8, 4) is 0 Å². The molecule has 1 atom stereocenters. The monoisotopic (exact) mass is 379 g/mol. The Labute approximate surface area is 155 Å². The summed E-state index contributed by atoms with van der Waals surface area (Å²) in [5.41, 5.74) is 1.49. The molecule has 1 unspecified atom stereocenters. The average molecular weight is 379 g/mol. The summed E-state index contributed by atoms with van der Waals surface area (Å²) in [6.45, 7) is 4.75. The van der Waals surface area contributed by atoms with Gasteiger partial charge >= 0.3 is 6.18 Å². The zero-order chi connectivity index (χ0) is 18.9. The van der Waals surface area contributed by atoms with Gasteiger partial charge in [-0.05, 0) is 35.2 Å². The van der Waals surface area contributed by atoms with Crippen LogP contribution in [0.5, 0.6) is 0 Å². The molecule has 0 radical (unpaired) electrons. The van der Waals surface area contributed by atoms with Crippen molar-refractivity contribution in [1.82, 2.24) is 4.90 Å². The average Bonchev–Trinajstić information content (AvgIpc) is 3.10. The van der Waals surface area contributed by atoms with Crippen LogP contribution < -0.4 is 0 Å². The summed E-state index contributed by atoms with van der Waals surface area (Å²) in [5, 5.41) is -0.168. The van der Waals surface area contributed by atoms with Crippen molar-refractivity contribution >= 4 is 17.7 Å². The highest BCUT2D eigenvalue weighted by atomic mass is 32.2. The van der Waals surface area contributed by atoms with Crippen LogP contribution in [0.4, 0.5) is 13.2 Å². The van der Waals surface area contributed by atoms with Gasteiger partial charge in [0.2, 0.25) is 0 Å². The van der Waals surface area contributed by atoms with Crippen molar-refractivity contribution in [3.05, 3.63) is 70.8 Å². The summed E-state index contributed by atoms with van der Waals surface area (Å²) in [6, 6.07) is 12.8. The molecule has 26 heavy (non-hydrogen) atoms. The lowest BCUT2D eigenvalue weighted by Crippen LogP contribution is -2.30. The van der Waals surface area contributed by atoms with Crippen LogP contribution >= 0.6 is 11.8 Å². The first-order chi connectivity index (χ1) is 12.3. The molecule has 0 spiro atoms. The Morgan fingerprint density at radius 3 is 2.46 bits per heavy atom. The predicted molar refractivity (Wildman–Crippen MR) is 98.2 cm³/mol. The Morgan fingerprint density at radius 2 is 1.85 bits per heavy atom. The maximum atomic E-state index is 12.9. The third-order valence-electron chi connectivity index (χ3n) is 4.48. The van der Waals surface area contributed by atoms with Gasteiger partial charge in [-0.25, -0.2) is 0 Å². The second-order valence-electron chi connectivity index (χ2n) is 6.62. The van der Waals surface area contributed by atoms with Crippen molar-refractivity contribution in [1.29, 1.82) is 0 Å². The molecule has 1 amide bonds. The smallest absolute Gasteiger partial charge is 0.322 e. The maximum Gasteiger partial charge on any atom is 0.416 e. The highest BCUT2D eigenvalue weighted by molar-refractivity contribution is 7.99. The molecular weight excluding hydrogens is 359 g/mol. The minimum atomic E-state index is -4.46. The molecule has 2 nitrogen and oxygen atoms in total. The van der Waals surface area contributed by atoms with E-state index in [4.69, 9.17) is 0 Å². The molecule has 0 aromatic heterocycles. The summed E-state index contributed by atoms with van der Waals surface area (Å²) >= 11 is 1.63. The van der Waals surface area contributed by atoms with Crippen LogP contribution in [-0.4, -0.2) is 23.1 Å². The van der Waals surface area contributed by atoms with Crippen LogP contribution in [0.15, 0.2) is 48.5 Å². The molecule has 3 rings (SSSR count). The van der Waals surface area contributed by atoms with E-state index in [1.54, 1.807) is 16.7 Å². The van der Waals surface area contributed by atoms with E-state index in [0.717, 1.165) is 23.4 Å². The number of halogens is 3. The van der Waals surface area contributed by atoms with Crippen molar-refractivity contribution in [2.24, 2.45) is 0 Å². The predicted octanol–water partition coefficient (Wildman–Crippen LogP) is 5.72. The molecule has 1 saturated heterocycles. The lowest BCUT2D eigenvalue weighted by molar-refractivity contribution is -0.137. The van der Waals surface area contributed by atoms with Gasteiger partial charge in [0, 0.05) is 17.9 Å². The number of amides is 1. The molecule has 1 heterocycles. The summed E-state index contributed by atoms with van der Waals surface area (Å²) in [6.07, 6.45) is -4.46. The number of alkyl halides is 3. The molecule has 1 aliphatic rings. The zero-order valence-electron chi connectivity index (χ0n) is 14.6. The van der Waals surface area contributed by atoms with Crippen LogP contribution in [-0.2, 0) is 6.18 Å². The molecule has 0 saturated carbocycles. The molecule has 0 aliphatic carbocycles. The largest absolute Gasteiger partial charge is 0.416 e.